The smallest absolute Gasteiger partial charge is 0.165 e. The number of halogens is 2. The highest BCUT2D eigenvalue weighted by molar-refractivity contribution is 9.10. The van der Waals surface area contributed by atoms with Gasteiger partial charge in [0.05, 0.1) is 0 Å². The monoisotopic (exact) mass is 343 g/mol. The van der Waals surface area contributed by atoms with Crippen molar-refractivity contribution in [2.24, 2.45) is 0 Å². The number of hydrogen-bond acceptors (Lipinski definition) is 3. The van der Waals surface area contributed by atoms with Crippen molar-refractivity contribution in [2.45, 2.75) is 6.54 Å². The van der Waals surface area contributed by atoms with E-state index >= 15 is 0 Å². The molecule has 0 bridgehead atoms. The van der Waals surface area contributed by atoms with E-state index < -0.39 is 0 Å². The fourth-order valence-electron chi connectivity index (χ4n) is 1.64. The number of likely N-dealkylation sites (N-methyl/N-ethyl adjacent to an activating group) is 1. The Bertz CT molecular complexity index is 532. The van der Waals surface area contributed by atoms with Crippen molar-refractivity contribution in [3.8, 4) is 5.75 Å². The summed E-state index contributed by atoms with van der Waals surface area (Å²) in [6.45, 7) is 2.08. The van der Waals surface area contributed by atoms with Crippen molar-refractivity contribution < 1.29 is 9.13 Å². The van der Waals surface area contributed by atoms with Crippen molar-refractivity contribution >= 4 is 27.3 Å². The summed E-state index contributed by atoms with van der Waals surface area (Å²) in [5.41, 5.74) is 0. The van der Waals surface area contributed by atoms with Crippen molar-refractivity contribution in [3.63, 3.8) is 0 Å². The molecule has 19 heavy (non-hydrogen) atoms. The fraction of sp³-hybridized carbons (Fsp3) is 0.286. The van der Waals surface area contributed by atoms with Crippen molar-refractivity contribution in [2.75, 3.05) is 20.2 Å². The molecular weight excluding hydrogens is 329 g/mol. The minimum absolute atomic E-state index is 0.313. The molecule has 102 valence electrons. The van der Waals surface area contributed by atoms with E-state index in [1.807, 2.05) is 13.1 Å². The van der Waals surface area contributed by atoms with E-state index in [2.05, 4.69) is 26.2 Å². The fourth-order valence-corrected chi connectivity index (χ4v) is 3.19. The summed E-state index contributed by atoms with van der Waals surface area (Å²) in [7, 11) is 2.02. The molecule has 1 aromatic carbocycles. The van der Waals surface area contributed by atoms with Crippen LogP contribution >= 0.6 is 27.3 Å². The summed E-state index contributed by atoms with van der Waals surface area (Å²) in [4.78, 5) is 3.44. The van der Waals surface area contributed by atoms with Crippen LogP contribution in [0.5, 0.6) is 5.75 Å². The van der Waals surface area contributed by atoms with Crippen molar-refractivity contribution in [1.29, 1.82) is 0 Å². The molecular formula is C14H15BrFNOS. The molecule has 0 atom stereocenters. The molecule has 1 aromatic heterocycles. The van der Waals surface area contributed by atoms with Crippen LogP contribution in [0.3, 0.4) is 0 Å². The van der Waals surface area contributed by atoms with Gasteiger partial charge in [-0.25, -0.2) is 4.39 Å². The summed E-state index contributed by atoms with van der Waals surface area (Å²) < 4.78 is 19.9. The van der Waals surface area contributed by atoms with E-state index in [0.717, 1.165) is 17.6 Å². The number of hydrogen-bond donors (Lipinski definition) is 0. The van der Waals surface area contributed by atoms with Crippen molar-refractivity contribution in [1.82, 2.24) is 4.90 Å². The Morgan fingerprint density at radius 2 is 2.11 bits per heavy atom. The number of para-hydroxylation sites is 1. The van der Waals surface area contributed by atoms with Crippen LogP contribution < -0.4 is 4.74 Å². The zero-order valence-corrected chi connectivity index (χ0v) is 13.0. The number of benzene rings is 1. The number of rotatable bonds is 6. The summed E-state index contributed by atoms with van der Waals surface area (Å²) in [5, 5.41) is 2.06. The van der Waals surface area contributed by atoms with E-state index in [0.29, 0.717) is 12.4 Å². The minimum Gasteiger partial charge on any atom is -0.489 e. The quantitative estimate of drug-likeness (QED) is 0.780. The lowest BCUT2D eigenvalue weighted by molar-refractivity contribution is 0.227. The minimum atomic E-state index is -0.314. The van der Waals surface area contributed by atoms with Crippen LogP contribution in [0, 0.1) is 5.82 Å². The summed E-state index contributed by atoms with van der Waals surface area (Å²) in [5.74, 6) is -0.000594. The zero-order valence-electron chi connectivity index (χ0n) is 10.6. The van der Waals surface area contributed by atoms with Crippen LogP contribution in [-0.4, -0.2) is 25.1 Å². The SMILES string of the molecule is CN(CCOc1ccccc1F)Cc1sccc1Br. The molecule has 0 amide bonds. The topological polar surface area (TPSA) is 12.5 Å². The van der Waals surface area contributed by atoms with E-state index in [1.165, 1.54) is 10.9 Å². The highest BCUT2D eigenvalue weighted by Gasteiger charge is 2.06. The maximum absolute atomic E-state index is 13.3. The average Bonchev–Trinajstić information content (AvgIpc) is 2.77. The molecule has 0 N–H and O–H groups in total. The third-order valence-electron chi connectivity index (χ3n) is 2.67. The Morgan fingerprint density at radius 3 is 2.79 bits per heavy atom. The first-order valence-electron chi connectivity index (χ1n) is 5.94. The van der Waals surface area contributed by atoms with Gasteiger partial charge in [0.2, 0.25) is 0 Å². The third kappa shape index (κ3) is 4.30. The molecule has 1 heterocycles. The molecule has 0 aliphatic carbocycles. The Labute approximate surface area is 124 Å². The van der Waals surface area contributed by atoms with Crippen LogP contribution in [0.2, 0.25) is 0 Å². The molecule has 0 spiro atoms. The van der Waals surface area contributed by atoms with Gasteiger partial charge in [-0.1, -0.05) is 12.1 Å². The lowest BCUT2D eigenvalue weighted by Crippen LogP contribution is -2.23. The van der Waals surface area contributed by atoms with Gasteiger partial charge in [-0.15, -0.1) is 11.3 Å². The molecule has 2 rings (SSSR count). The first-order valence-corrected chi connectivity index (χ1v) is 7.62. The highest BCUT2D eigenvalue weighted by atomic mass is 79.9. The van der Waals surface area contributed by atoms with E-state index in [4.69, 9.17) is 4.74 Å². The Balaban J connectivity index is 1.77. The lowest BCUT2D eigenvalue weighted by Gasteiger charge is -2.16. The first kappa shape index (κ1) is 14.5. The van der Waals surface area contributed by atoms with Gasteiger partial charge in [-0.05, 0) is 46.6 Å². The maximum atomic E-state index is 13.3. The highest BCUT2D eigenvalue weighted by Crippen LogP contribution is 2.23. The third-order valence-corrected chi connectivity index (χ3v) is 4.58. The molecule has 0 saturated carbocycles. The van der Waals surface area contributed by atoms with Gasteiger partial charge >= 0.3 is 0 Å². The summed E-state index contributed by atoms with van der Waals surface area (Å²) in [6, 6.07) is 8.52. The van der Waals surface area contributed by atoms with Crippen LogP contribution in [0.15, 0.2) is 40.2 Å². The van der Waals surface area contributed by atoms with Gasteiger partial charge in [0.25, 0.3) is 0 Å². The Morgan fingerprint density at radius 1 is 1.32 bits per heavy atom. The normalized spacial score (nSPS) is 10.9. The second-order valence-electron chi connectivity index (χ2n) is 4.21. The van der Waals surface area contributed by atoms with Crippen molar-refractivity contribution in [3.05, 3.63) is 50.9 Å². The molecule has 0 unspecified atom stereocenters. The molecule has 0 aliphatic rings. The van der Waals surface area contributed by atoms with Gasteiger partial charge in [0.1, 0.15) is 6.61 Å². The average molecular weight is 344 g/mol. The molecule has 2 aromatic rings. The number of ether oxygens (including phenoxy) is 1. The van der Waals surface area contributed by atoms with Crippen LogP contribution in [0.4, 0.5) is 4.39 Å². The predicted molar refractivity (Wildman–Crippen MR) is 80.2 cm³/mol. The second kappa shape index (κ2) is 7.03. The number of thiophene rings is 1. The van der Waals surface area contributed by atoms with Gasteiger partial charge < -0.3 is 4.74 Å². The van der Waals surface area contributed by atoms with Gasteiger partial charge in [-0.3, -0.25) is 4.90 Å². The van der Waals surface area contributed by atoms with E-state index in [-0.39, 0.29) is 5.82 Å². The molecule has 0 radical (unpaired) electrons. The molecule has 0 aliphatic heterocycles. The van der Waals surface area contributed by atoms with E-state index in [9.17, 15) is 4.39 Å². The van der Waals surface area contributed by atoms with Gasteiger partial charge in [0.15, 0.2) is 11.6 Å². The molecule has 0 fully saturated rings. The van der Waals surface area contributed by atoms with E-state index in [1.54, 1.807) is 29.5 Å². The largest absolute Gasteiger partial charge is 0.489 e. The predicted octanol–water partition coefficient (Wildman–Crippen LogP) is 4.16. The Hall–Kier alpha value is -0.910. The molecule has 2 nitrogen and oxygen atoms in total. The zero-order chi connectivity index (χ0) is 13.7. The Kier molecular flexibility index (Phi) is 5.36. The van der Waals surface area contributed by atoms with Crippen LogP contribution in [-0.2, 0) is 6.54 Å². The van der Waals surface area contributed by atoms with Gasteiger partial charge in [-0.2, -0.15) is 0 Å². The summed E-state index contributed by atoms with van der Waals surface area (Å²) in [6.07, 6.45) is 0. The molecule has 5 heteroatoms. The number of nitrogens with zero attached hydrogens (tertiary/aromatic N) is 1. The van der Waals surface area contributed by atoms with Crippen LogP contribution in [0.1, 0.15) is 4.88 Å². The molecule has 0 saturated heterocycles. The summed E-state index contributed by atoms with van der Waals surface area (Å²) >= 11 is 5.23. The first-order chi connectivity index (χ1) is 9.16. The second-order valence-corrected chi connectivity index (χ2v) is 6.06. The lowest BCUT2D eigenvalue weighted by atomic mass is 10.3. The van der Waals surface area contributed by atoms with Gasteiger partial charge in [0, 0.05) is 22.4 Å². The maximum Gasteiger partial charge on any atom is 0.165 e. The standard InChI is InChI=1S/C14H15BrFNOS/c1-17(10-14-11(15)6-9-19-14)7-8-18-13-5-3-2-4-12(13)16/h2-6,9H,7-8,10H2,1H3. The van der Waals surface area contributed by atoms with Crippen LogP contribution in [0.25, 0.3) is 0 Å².